The van der Waals surface area contributed by atoms with Crippen LogP contribution in [0.25, 0.3) is 0 Å². The third-order valence-electron chi connectivity index (χ3n) is 14.7. The molecule has 2 saturated heterocycles. The normalized spacial score (nSPS) is 37.2. The summed E-state index contributed by atoms with van der Waals surface area (Å²) in [6.45, 7) is 10.9. The second-order valence-corrected chi connectivity index (χ2v) is 19.6. The minimum Gasteiger partial charge on any atom is -0.456 e. The SMILES string of the molecule is CC[C@@H]1/C=C(\C)C[C@H](C)CC(OC)[C@H]2O[C@@](O)(C(=O)C(=O)N3CCCC[C@H]3C(=O)O[C@H](/C(C)=C/[C@@H]3CC[C@@H](OC[C@@H](O)c4ccc(F)c(F)c4)[C@H](OC)C3)[C@H](C)[C@@H](O)CC1=O)[C@H](C)C[C@@H]2OC. The molecule has 0 radical (unpaired) electrons. The number of hydrogen-bond donors (Lipinski definition) is 3. The van der Waals surface area contributed by atoms with Gasteiger partial charge in [0, 0.05) is 52.0 Å². The van der Waals surface area contributed by atoms with Crippen molar-refractivity contribution in [2.45, 2.75) is 173 Å². The lowest BCUT2D eigenvalue weighted by atomic mass is 9.81. The van der Waals surface area contributed by atoms with Crippen molar-refractivity contribution in [1.29, 1.82) is 0 Å². The van der Waals surface area contributed by atoms with Gasteiger partial charge in [-0.2, -0.15) is 0 Å². The first-order valence-corrected chi connectivity index (χ1v) is 24.1. The van der Waals surface area contributed by atoms with Crippen molar-refractivity contribution >= 4 is 23.4 Å². The van der Waals surface area contributed by atoms with Crippen LogP contribution < -0.4 is 0 Å². The molecule has 16 heteroatoms. The number of aliphatic hydroxyl groups is 3. The number of allylic oxidation sites excluding steroid dienone is 3. The van der Waals surface area contributed by atoms with Crippen molar-refractivity contribution in [2.75, 3.05) is 34.5 Å². The highest BCUT2D eigenvalue weighted by molar-refractivity contribution is 6.39. The topological polar surface area (TPSA) is 188 Å². The summed E-state index contributed by atoms with van der Waals surface area (Å²) < 4.78 is 63.6. The Morgan fingerprint density at radius 1 is 0.925 bits per heavy atom. The van der Waals surface area contributed by atoms with E-state index in [4.69, 9.17) is 28.4 Å². The number of ether oxygens (including phenoxy) is 6. The van der Waals surface area contributed by atoms with E-state index in [0.717, 1.165) is 22.6 Å². The minimum absolute atomic E-state index is 0.00166. The van der Waals surface area contributed by atoms with Gasteiger partial charge in [0.1, 0.15) is 30.1 Å². The average Bonchev–Trinajstić information content (AvgIpc) is 3.31. The number of carbonyl (C=O) groups excluding carboxylic acids is 4. The third-order valence-corrected chi connectivity index (χ3v) is 14.7. The van der Waals surface area contributed by atoms with Gasteiger partial charge in [-0.05, 0) is 113 Å². The molecule has 3 aliphatic heterocycles. The van der Waals surface area contributed by atoms with Gasteiger partial charge in [-0.3, -0.25) is 14.4 Å². The summed E-state index contributed by atoms with van der Waals surface area (Å²) in [7, 11) is 4.58. The molecular formula is C51H75F2NO13. The molecule has 14 nitrogen and oxygen atoms in total. The highest BCUT2D eigenvalue weighted by Gasteiger charge is 2.56. The summed E-state index contributed by atoms with van der Waals surface area (Å²) in [4.78, 5) is 58.3. The summed E-state index contributed by atoms with van der Waals surface area (Å²) in [6, 6.07) is 1.99. The summed E-state index contributed by atoms with van der Waals surface area (Å²) in [6.07, 6.45) is 1.82. The number of Topliss-reactive ketones (excluding diaryl/α,β-unsaturated/α-hetero) is 2. The molecule has 1 aliphatic carbocycles. The Kier molecular flexibility index (Phi) is 19.8. The van der Waals surface area contributed by atoms with Gasteiger partial charge in [0.25, 0.3) is 11.7 Å². The molecule has 3 heterocycles. The second-order valence-electron chi connectivity index (χ2n) is 19.6. The Morgan fingerprint density at radius 2 is 1.61 bits per heavy atom. The van der Waals surface area contributed by atoms with Crippen LogP contribution in [-0.2, 0) is 47.6 Å². The molecule has 1 aromatic carbocycles. The first-order valence-electron chi connectivity index (χ1n) is 24.1. The molecule has 5 rings (SSSR count). The van der Waals surface area contributed by atoms with Gasteiger partial charge < -0.3 is 48.6 Å². The number of amides is 1. The maximum absolute atomic E-state index is 14.5. The Balaban J connectivity index is 1.44. The van der Waals surface area contributed by atoms with Crippen LogP contribution >= 0.6 is 0 Å². The highest BCUT2D eigenvalue weighted by atomic mass is 19.2. The van der Waals surface area contributed by atoms with Crippen molar-refractivity contribution in [3.8, 4) is 0 Å². The minimum atomic E-state index is -2.54. The lowest BCUT2D eigenvalue weighted by Crippen LogP contribution is -2.64. The van der Waals surface area contributed by atoms with E-state index in [1.807, 2.05) is 32.9 Å². The number of benzene rings is 1. The Labute approximate surface area is 394 Å². The molecule has 1 aromatic rings. The van der Waals surface area contributed by atoms with E-state index in [0.29, 0.717) is 56.9 Å². The quantitative estimate of drug-likeness (QED) is 0.131. The lowest BCUT2D eigenvalue weighted by Gasteiger charge is -2.47. The number of rotatable bonds is 10. The number of methoxy groups -OCH3 is 3. The number of ketones is 2. The molecule has 1 saturated carbocycles. The number of cyclic esters (lactones) is 1. The second kappa shape index (κ2) is 24.4. The molecule has 0 aromatic heterocycles. The van der Waals surface area contributed by atoms with E-state index in [1.54, 1.807) is 27.9 Å². The fourth-order valence-electron chi connectivity index (χ4n) is 10.6. The van der Waals surface area contributed by atoms with Gasteiger partial charge in [0.15, 0.2) is 11.6 Å². The highest BCUT2D eigenvalue weighted by Crippen LogP contribution is 2.39. The van der Waals surface area contributed by atoms with Crippen molar-refractivity contribution in [1.82, 2.24) is 4.90 Å². The fourth-order valence-corrected chi connectivity index (χ4v) is 10.6. The largest absolute Gasteiger partial charge is 0.456 e. The summed E-state index contributed by atoms with van der Waals surface area (Å²) in [5.74, 6) is -10.1. The van der Waals surface area contributed by atoms with Crippen molar-refractivity contribution < 1.29 is 71.7 Å². The van der Waals surface area contributed by atoms with Gasteiger partial charge in [0.2, 0.25) is 5.79 Å². The number of esters is 1. The molecule has 376 valence electrons. The standard InChI is InChI=1S/C51H75F2NO13/c1-10-34-20-28(2)19-29(3)21-44(63-8)47-45(64-9)23-31(5)51(61,67-47)48(58)49(59)54-18-12-11-13-38(54)50(60)66-46(32(6)39(55)26-40(34)56)30(4)22-33-14-17-42(43(24-33)62-7)65-27-41(57)35-15-16-36(52)37(53)25-35/h15-16,20,22,25,29,31-34,38-39,41-47,55,57,61H,10-14,17-19,21,23-24,26-27H2,1-9H3/b28-20+,30-22+/t29-,31+,32+,33-,34+,38-,39-,41+,42+,43+,44?,45-,46+,47+,51+/m0/s1. The van der Waals surface area contributed by atoms with Crippen molar-refractivity contribution in [3.63, 3.8) is 0 Å². The smallest absolute Gasteiger partial charge is 0.329 e. The van der Waals surface area contributed by atoms with Crippen LogP contribution in [0.2, 0.25) is 0 Å². The average molecular weight is 948 g/mol. The van der Waals surface area contributed by atoms with Crippen LogP contribution in [0.1, 0.15) is 124 Å². The van der Waals surface area contributed by atoms with E-state index in [2.05, 4.69) is 0 Å². The Morgan fingerprint density at radius 3 is 2.27 bits per heavy atom. The molecule has 15 atom stereocenters. The molecular weight excluding hydrogens is 873 g/mol. The summed E-state index contributed by atoms with van der Waals surface area (Å²) >= 11 is 0. The van der Waals surface area contributed by atoms with Gasteiger partial charge >= 0.3 is 5.97 Å². The van der Waals surface area contributed by atoms with Gasteiger partial charge in [-0.25, -0.2) is 13.6 Å². The Hall–Kier alpha value is -3.48. The van der Waals surface area contributed by atoms with Crippen LogP contribution in [0.5, 0.6) is 0 Å². The first kappa shape index (κ1) is 54.5. The zero-order valence-corrected chi connectivity index (χ0v) is 40.8. The van der Waals surface area contributed by atoms with Gasteiger partial charge in [-0.15, -0.1) is 0 Å². The van der Waals surface area contributed by atoms with Crippen LogP contribution in [0.3, 0.4) is 0 Å². The van der Waals surface area contributed by atoms with E-state index < -0.39 is 108 Å². The zero-order chi connectivity index (χ0) is 49.3. The molecule has 67 heavy (non-hydrogen) atoms. The van der Waals surface area contributed by atoms with E-state index in [9.17, 15) is 43.3 Å². The van der Waals surface area contributed by atoms with Crippen molar-refractivity contribution in [3.05, 3.63) is 58.7 Å². The number of nitrogens with zero attached hydrogens (tertiary/aromatic N) is 1. The predicted molar refractivity (Wildman–Crippen MR) is 243 cm³/mol. The summed E-state index contributed by atoms with van der Waals surface area (Å²) in [5.41, 5.74) is 1.74. The molecule has 0 spiro atoms. The molecule has 4 aliphatic rings. The number of fused-ring (bicyclic) bond motifs is 3. The number of aliphatic hydroxyl groups excluding tert-OH is 2. The van der Waals surface area contributed by atoms with Crippen LogP contribution in [0, 0.1) is 41.2 Å². The maximum Gasteiger partial charge on any atom is 0.329 e. The number of hydrogen-bond acceptors (Lipinski definition) is 13. The van der Waals surface area contributed by atoms with E-state index in [-0.39, 0.29) is 55.6 Å². The zero-order valence-electron chi connectivity index (χ0n) is 40.8. The summed E-state index contributed by atoms with van der Waals surface area (Å²) in [5, 5.41) is 34.6. The number of piperidine rings is 1. The molecule has 3 N–H and O–H groups in total. The number of carbonyl (C=O) groups is 4. The molecule has 1 unspecified atom stereocenters. The lowest BCUT2D eigenvalue weighted by molar-refractivity contribution is -0.302. The molecule has 1 amide bonds. The monoisotopic (exact) mass is 948 g/mol. The van der Waals surface area contributed by atoms with Crippen molar-refractivity contribution in [2.24, 2.45) is 29.6 Å². The first-order chi connectivity index (χ1) is 31.8. The van der Waals surface area contributed by atoms with Gasteiger partial charge in [-0.1, -0.05) is 51.5 Å². The maximum atomic E-state index is 14.5. The van der Waals surface area contributed by atoms with Crippen LogP contribution in [0.15, 0.2) is 41.5 Å². The van der Waals surface area contributed by atoms with Gasteiger partial charge in [0.05, 0.1) is 37.1 Å². The van der Waals surface area contributed by atoms with E-state index >= 15 is 0 Å². The molecule has 2 bridgehead atoms. The van der Waals surface area contributed by atoms with Crippen LogP contribution in [0.4, 0.5) is 8.78 Å². The molecule has 3 fully saturated rings. The Bertz CT molecular complexity index is 1930. The van der Waals surface area contributed by atoms with Crippen LogP contribution in [-0.4, -0.2) is 133 Å². The third kappa shape index (κ3) is 13.2. The number of halogens is 2. The fraction of sp³-hybridized carbons (Fsp3) is 0.725. The predicted octanol–water partition coefficient (Wildman–Crippen LogP) is 6.51. The van der Waals surface area contributed by atoms with E-state index in [1.165, 1.54) is 20.3 Å².